The lowest BCUT2D eigenvalue weighted by molar-refractivity contribution is -0.143. The van der Waals surface area contributed by atoms with Gasteiger partial charge in [-0.05, 0) is 31.0 Å². The molecule has 0 bridgehead atoms. The summed E-state index contributed by atoms with van der Waals surface area (Å²) >= 11 is 0. The molecule has 3 N–H and O–H groups in total. The van der Waals surface area contributed by atoms with Crippen molar-refractivity contribution in [2.45, 2.75) is 32.2 Å². The molecule has 2 rings (SSSR count). The second kappa shape index (κ2) is 6.91. The minimum atomic E-state index is -1.26. The van der Waals surface area contributed by atoms with Gasteiger partial charge in [0, 0.05) is 18.8 Å². The van der Waals surface area contributed by atoms with E-state index in [0.717, 1.165) is 5.56 Å². The fourth-order valence-corrected chi connectivity index (χ4v) is 2.16. The van der Waals surface area contributed by atoms with Crippen molar-refractivity contribution >= 4 is 23.5 Å². The molecule has 0 aromatic carbocycles. The Balaban J connectivity index is 2.01. The lowest BCUT2D eigenvalue weighted by Gasteiger charge is -2.12. The first-order valence-electron chi connectivity index (χ1n) is 7.03. The van der Waals surface area contributed by atoms with Gasteiger partial charge in [-0.2, -0.15) is 0 Å². The second-order valence-corrected chi connectivity index (χ2v) is 5.27. The highest BCUT2D eigenvalue weighted by molar-refractivity contribution is 5.85. The molecule has 0 radical (unpaired) electrons. The van der Waals surface area contributed by atoms with Crippen LogP contribution in [0.4, 0.5) is 0 Å². The van der Waals surface area contributed by atoms with Crippen molar-refractivity contribution in [1.82, 2.24) is 14.7 Å². The lowest BCUT2D eigenvalue weighted by Crippen LogP contribution is -2.41. The monoisotopic (exact) mass is 319 g/mol. The van der Waals surface area contributed by atoms with E-state index in [4.69, 9.17) is 10.2 Å². The minimum absolute atomic E-state index is 0.0718. The Hall–Kier alpha value is -2.90. The summed E-state index contributed by atoms with van der Waals surface area (Å²) < 4.78 is 1.77. The number of aromatic nitrogens is 2. The fourth-order valence-electron chi connectivity index (χ4n) is 2.16. The zero-order valence-electron chi connectivity index (χ0n) is 12.5. The number of hydrogen-bond donors (Lipinski definition) is 3. The molecule has 23 heavy (non-hydrogen) atoms. The third kappa shape index (κ3) is 4.53. The van der Waals surface area contributed by atoms with Gasteiger partial charge in [-0.25, -0.2) is 9.78 Å². The topological polar surface area (TPSA) is 121 Å². The Labute approximate surface area is 131 Å². The van der Waals surface area contributed by atoms with Crippen molar-refractivity contribution in [2.24, 2.45) is 0 Å². The van der Waals surface area contributed by atoms with Gasteiger partial charge < -0.3 is 19.9 Å². The summed E-state index contributed by atoms with van der Waals surface area (Å²) in [5.41, 5.74) is 2.25. The number of carbonyl (C=O) groups excluding carboxylic acids is 1. The van der Waals surface area contributed by atoms with Crippen LogP contribution in [0.25, 0.3) is 5.65 Å². The number of hydrogen-bond acceptors (Lipinski definition) is 4. The van der Waals surface area contributed by atoms with Crippen molar-refractivity contribution in [1.29, 1.82) is 0 Å². The van der Waals surface area contributed by atoms with E-state index in [0.29, 0.717) is 11.3 Å². The zero-order chi connectivity index (χ0) is 17.0. The maximum Gasteiger partial charge on any atom is 0.326 e. The van der Waals surface area contributed by atoms with Crippen molar-refractivity contribution in [3.8, 4) is 0 Å². The van der Waals surface area contributed by atoms with E-state index in [1.54, 1.807) is 10.6 Å². The third-order valence-electron chi connectivity index (χ3n) is 3.29. The predicted octanol–water partition coefficient (Wildman–Crippen LogP) is 0.619. The Morgan fingerprint density at radius 1 is 1.35 bits per heavy atom. The SMILES string of the molecule is Cc1ccn2cc(CC(=O)NC(CCC(=O)O)C(=O)O)nc2c1. The molecule has 122 valence electrons. The van der Waals surface area contributed by atoms with Crippen LogP contribution in [0, 0.1) is 6.92 Å². The zero-order valence-corrected chi connectivity index (χ0v) is 12.5. The molecule has 2 heterocycles. The summed E-state index contributed by atoms with van der Waals surface area (Å²) in [6, 6.07) is 2.55. The van der Waals surface area contributed by atoms with E-state index < -0.39 is 23.9 Å². The van der Waals surface area contributed by atoms with Crippen LogP contribution >= 0.6 is 0 Å². The van der Waals surface area contributed by atoms with Gasteiger partial charge in [0.2, 0.25) is 5.91 Å². The standard InChI is InChI=1S/C15H17N3O5/c1-9-4-5-18-8-10(16-12(18)6-9)7-13(19)17-11(15(22)23)2-3-14(20)21/h4-6,8,11H,2-3,7H2,1H3,(H,17,19)(H,20,21)(H,22,23). The van der Waals surface area contributed by atoms with Crippen LogP contribution in [0.3, 0.4) is 0 Å². The first-order valence-corrected chi connectivity index (χ1v) is 7.03. The molecule has 1 amide bonds. The number of carboxylic acid groups (broad SMARTS) is 2. The van der Waals surface area contributed by atoms with Crippen molar-refractivity contribution < 1.29 is 24.6 Å². The number of carboxylic acids is 2. The Morgan fingerprint density at radius 3 is 2.74 bits per heavy atom. The van der Waals surface area contributed by atoms with E-state index in [2.05, 4.69) is 10.3 Å². The average Bonchev–Trinajstić information content (AvgIpc) is 2.83. The summed E-state index contributed by atoms with van der Waals surface area (Å²) in [5, 5.41) is 19.9. The van der Waals surface area contributed by atoms with Gasteiger partial charge >= 0.3 is 11.9 Å². The molecule has 0 spiro atoms. The molecule has 8 nitrogen and oxygen atoms in total. The second-order valence-electron chi connectivity index (χ2n) is 5.27. The van der Waals surface area contributed by atoms with Gasteiger partial charge in [-0.3, -0.25) is 9.59 Å². The summed E-state index contributed by atoms with van der Waals surface area (Å²) in [6.07, 6.45) is 2.95. The number of aliphatic carboxylic acids is 2. The Kier molecular flexibility index (Phi) is 4.95. The molecule has 1 atom stereocenters. The number of amides is 1. The van der Waals surface area contributed by atoms with Crippen LogP contribution < -0.4 is 5.32 Å². The number of fused-ring (bicyclic) bond motifs is 1. The first kappa shape index (κ1) is 16.5. The molecule has 2 aromatic rings. The summed E-state index contributed by atoms with van der Waals surface area (Å²) in [7, 11) is 0. The number of carbonyl (C=O) groups is 3. The molecular formula is C15H17N3O5. The van der Waals surface area contributed by atoms with E-state index in [-0.39, 0.29) is 19.3 Å². The molecule has 0 fully saturated rings. The maximum atomic E-state index is 11.9. The molecule has 0 aliphatic heterocycles. The number of nitrogens with one attached hydrogen (secondary N) is 1. The highest BCUT2D eigenvalue weighted by Gasteiger charge is 2.21. The van der Waals surface area contributed by atoms with Crippen LogP contribution in [-0.2, 0) is 20.8 Å². The lowest BCUT2D eigenvalue weighted by atomic mass is 10.1. The summed E-state index contributed by atoms with van der Waals surface area (Å²) in [4.78, 5) is 37.8. The molecule has 8 heteroatoms. The van der Waals surface area contributed by atoms with Gasteiger partial charge in [0.1, 0.15) is 11.7 Å². The quantitative estimate of drug-likeness (QED) is 0.688. The van der Waals surface area contributed by atoms with Gasteiger partial charge in [0.05, 0.1) is 12.1 Å². The Bertz CT molecular complexity index is 753. The molecule has 0 aliphatic rings. The molecule has 2 aromatic heterocycles. The van der Waals surface area contributed by atoms with Crippen LogP contribution in [0.2, 0.25) is 0 Å². The highest BCUT2D eigenvalue weighted by Crippen LogP contribution is 2.08. The number of aryl methyl sites for hydroxylation is 1. The van der Waals surface area contributed by atoms with Crippen LogP contribution in [0.5, 0.6) is 0 Å². The van der Waals surface area contributed by atoms with E-state index >= 15 is 0 Å². The average molecular weight is 319 g/mol. The van der Waals surface area contributed by atoms with Gasteiger partial charge in [-0.15, -0.1) is 0 Å². The van der Waals surface area contributed by atoms with E-state index in [1.165, 1.54) is 0 Å². The first-order chi connectivity index (χ1) is 10.8. The van der Waals surface area contributed by atoms with Crippen molar-refractivity contribution in [3.63, 3.8) is 0 Å². The third-order valence-corrected chi connectivity index (χ3v) is 3.29. The summed E-state index contributed by atoms with van der Waals surface area (Å²) in [6.45, 7) is 1.93. The molecule has 0 saturated carbocycles. The van der Waals surface area contributed by atoms with Crippen LogP contribution in [-0.4, -0.2) is 43.5 Å². The van der Waals surface area contributed by atoms with Crippen molar-refractivity contribution in [2.75, 3.05) is 0 Å². The molecular weight excluding hydrogens is 302 g/mol. The number of imidazole rings is 1. The molecule has 1 unspecified atom stereocenters. The predicted molar refractivity (Wildman–Crippen MR) is 80.1 cm³/mol. The van der Waals surface area contributed by atoms with Crippen molar-refractivity contribution in [3.05, 3.63) is 35.8 Å². The van der Waals surface area contributed by atoms with Crippen LogP contribution in [0.15, 0.2) is 24.5 Å². The fraction of sp³-hybridized carbons (Fsp3) is 0.333. The summed E-state index contributed by atoms with van der Waals surface area (Å²) in [5.74, 6) is -2.88. The molecule has 0 aliphatic carbocycles. The smallest absolute Gasteiger partial charge is 0.326 e. The van der Waals surface area contributed by atoms with E-state index in [9.17, 15) is 14.4 Å². The number of rotatable bonds is 7. The number of pyridine rings is 1. The Morgan fingerprint density at radius 2 is 2.09 bits per heavy atom. The maximum absolute atomic E-state index is 11.9. The van der Waals surface area contributed by atoms with Crippen LogP contribution in [0.1, 0.15) is 24.1 Å². The largest absolute Gasteiger partial charge is 0.481 e. The normalized spacial score (nSPS) is 12.0. The van der Waals surface area contributed by atoms with Gasteiger partial charge in [0.15, 0.2) is 0 Å². The highest BCUT2D eigenvalue weighted by atomic mass is 16.4. The minimum Gasteiger partial charge on any atom is -0.481 e. The molecule has 0 saturated heterocycles. The van der Waals surface area contributed by atoms with E-state index in [1.807, 2.05) is 25.3 Å². The van der Waals surface area contributed by atoms with Gasteiger partial charge in [0.25, 0.3) is 0 Å². The van der Waals surface area contributed by atoms with Gasteiger partial charge in [-0.1, -0.05) is 0 Å². The number of nitrogens with zero attached hydrogens (tertiary/aromatic N) is 2.